The summed E-state index contributed by atoms with van der Waals surface area (Å²) in [6.45, 7) is -0.687. The van der Waals surface area contributed by atoms with E-state index in [0.29, 0.717) is 0 Å². The molecule has 86 valence electrons. The Hall–Kier alpha value is -1.00. The lowest BCUT2D eigenvalue weighted by Gasteiger charge is -2.20. The summed E-state index contributed by atoms with van der Waals surface area (Å²) in [5.41, 5.74) is 0. The number of hydrogen-bond donors (Lipinski definition) is 6. The molecular weight excluding hydrogens is 224 g/mol. The lowest BCUT2D eigenvalue weighted by molar-refractivity contribution is -0.0810. The van der Waals surface area contributed by atoms with Gasteiger partial charge in [0, 0.05) is 0 Å². The molecule has 7 N–H and O–H groups in total. The summed E-state index contributed by atoms with van der Waals surface area (Å²) in [6, 6.07) is 0. The van der Waals surface area contributed by atoms with Crippen LogP contribution in [0, 0.1) is 4.77 Å². The quantitative estimate of drug-likeness (QED) is 0.249. The van der Waals surface area contributed by atoms with Crippen molar-refractivity contribution in [1.29, 1.82) is 0 Å². The van der Waals surface area contributed by atoms with Crippen molar-refractivity contribution >= 4 is 12.2 Å². The molecule has 1 aromatic heterocycles. The second kappa shape index (κ2) is 4.68. The van der Waals surface area contributed by atoms with Gasteiger partial charge in [0.2, 0.25) is 4.77 Å². The first-order valence-corrected chi connectivity index (χ1v) is 4.47. The molecule has 0 unspecified atom stereocenters. The largest absolute Gasteiger partial charge is 0.394 e. The van der Waals surface area contributed by atoms with Crippen molar-refractivity contribution in [1.82, 2.24) is 14.9 Å². The SMILES string of the molecule is Nn1c([C@@H](O)[C@@H](O)[C@H](O)CO)n[nH]c1=S. The molecule has 15 heavy (non-hydrogen) atoms. The fourth-order valence-electron chi connectivity index (χ4n) is 0.997. The Morgan fingerprint density at radius 1 is 1.47 bits per heavy atom. The standard InChI is InChI=1S/C6H12N4O4S/c7-10-5(8-9-6(10)15)4(14)3(13)2(12)1-11/h2-4,11-14H,1,7H2,(H,9,15)/t2-,3+,4+/m1/s1. The fourth-order valence-corrected chi connectivity index (χ4v) is 1.14. The van der Waals surface area contributed by atoms with Crippen LogP contribution in [-0.4, -0.2) is 54.1 Å². The number of hydrogen-bond acceptors (Lipinski definition) is 7. The van der Waals surface area contributed by atoms with Gasteiger partial charge in [-0.05, 0) is 12.2 Å². The average Bonchev–Trinajstić information content (AvgIpc) is 2.56. The van der Waals surface area contributed by atoms with E-state index in [9.17, 15) is 10.2 Å². The van der Waals surface area contributed by atoms with Crippen LogP contribution in [0.2, 0.25) is 0 Å². The molecule has 0 aromatic carbocycles. The minimum atomic E-state index is -1.59. The van der Waals surface area contributed by atoms with Crippen LogP contribution in [0.15, 0.2) is 0 Å². The maximum Gasteiger partial charge on any atom is 0.214 e. The summed E-state index contributed by atoms with van der Waals surface area (Å²) in [7, 11) is 0. The molecule has 0 fully saturated rings. The molecule has 0 saturated carbocycles. The summed E-state index contributed by atoms with van der Waals surface area (Å²) in [5.74, 6) is 5.26. The van der Waals surface area contributed by atoms with Gasteiger partial charge in [0.15, 0.2) is 5.82 Å². The zero-order valence-electron chi connectivity index (χ0n) is 7.61. The first kappa shape index (κ1) is 12.1. The predicted octanol–water partition coefficient (Wildman–Crippen LogP) is -2.60. The van der Waals surface area contributed by atoms with Gasteiger partial charge in [-0.2, -0.15) is 5.10 Å². The first-order valence-electron chi connectivity index (χ1n) is 4.06. The Kier molecular flexibility index (Phi) is 3.77. The van der Waals surface area contributed by atoms with Gasteiger partial charge < -0.3 is 26.3 Å². The van der Waals surface area contributed by atoms with Crippen molar-refractivity contribution in [3.8, 4) is 0 Å². The summed E-state index contributed by atoms with van der Waals surface area (Å²) in [5, 5.41) is 42.4. The highest BCUT2D eigenvalue weighted by Crippen LogP contribution is 2.15. The maximum atomic E-state index is 9.53. The van der Waals surface area contributed by atoms with Crippen LogP contribution in [-0.2, 0) is 0 Å². The number of nitrogens with one attached hydrogen (secondary N) is 1. The first-order chi connectivity index (χ1) is 6.99. The third kappa shape index (κ3) is 2.33. The van der Waals surface area contributed by atoms with Gasteiger partial charge >= 0.3 is 0 Å². The fraction of sp³-hybridized carbons (Fsp3) is 0.667. The van der Waals surface area contributed by atoms with E-state index in [4.69, 9.17) is 16.1 Å². The number of aromatic nitrogens is 3. The normalized spacial score (nSPS) is 17.3. The van der Waals surface area contributed by atoms with Crippen molar-refractivity contribution in [2.24, 2.45) is 0 Å². The predicted molar refractivity (Wildman–Crippen MR) is 51.6 cm³/mol. The molecule has 9 heteroatoms. The average molecular weight is 236 g/mol. The Morgan fingerprint density at radius 3 is 2.47 bits per heavy atom. The van der Waals surface area contributed by atoms with E-state index in [1.54, 1.807) is 0 Å². The Bertz CT molecular complexity index is 377. The molecular formula is C6H12N4O4S. The van der Waals surface area contributed by atoms with Gasteiger partial charge in [-0.25, -0.2) is 4.68 Å². The third-order valence-electron chi connectivity index (χ3n) is 1.90. The molecule has 1 rings (SSSR count). The minimum Gasteiger partial charge on any atom is -0.394 e. The molecule has 0 spiro atoms. The van der Waals surface area contributed by atoms with Crippen LogP contribution in [0.25, 0.3) is 0 Å². The molecule has 0 bridgehead atoms. The summed E-state index contributed by atoms with van der Waals surface area (Å²) >= 11 is 4.69. The molecule has 1 aromatic rings. The number of H-pyrrole nitrogens is 1. The number of aliphatic hydroxyl groups is 4. The number of aromatic amines is 1. The summed E-state index contributed by atoms with van der Waals surface area (Å²) in [4.78, 5) is 0. The van der Waals surface area contributed by atoms with Gasteiger partial charge in [0.05, 0.1) is 6.61 Å². The molecule has 0 aliphatic rings. The van der Waals surface area contributed by atoms with Gasteiger partial charge in [-0.15, -0.1) is 0 Å². The lowest BCUT2D eigenvalue weighted by atomic mass is 10.1. The van der Waals surface area contributed by atoms with Crippen LogP contribution in [0.4, 0.5) is 0 Å². The van der Waals surface area contributed by atoms with Gasteiger partial charge in [0.25, 0.3) is 0 Å². The van der Waals surface area contributed by atoms with E-state index in [2.05, 4.69) is 22.4 Å². The molecule has 3 atom stereocenters. The lowest BCUT2D eigenvalue weighted by Crippen LogP contribution is -2.36. The number of nitrogens with zero attached hydrogens (tertiary/aromatic N) is 2. The van der Waals surface area contributed by atoms with Crippen molar-refractivity contribution < 1.29 is 20.4 Å². The van der Waals surface area contributed by atoms with E-state index in [-0.39, 0.29) is 10.6 Å². The molecule has 0 aliphatic carbocycles. The highest BCUT2D eigenvalue weighted by molar-refractivity contribution is 7.71. The Balaban J connectivity index is 2.89. The van der Waals surface area contributed by atoms with Crippen LogP contribution in [0.1, 0.15) is 11.9 Å². The van der Waals surface area contributed by atoms with E-state index in [1.807, 2.05) is 0 Å². The smallest absolute Gasteiger partial charge is 0.214 e. The molecule has 8 nitrogen and oxygen atoms in total. The van der Waals surface area contributed by atoms with E-state index < -0.39 is 24.9 Å². The second-order valence-electron chi connectivity index (χ2n) is 2.94. The molecule has 0 radical (unpaired) electrons. The number of aliphatic hydroxyl groups excluding tert-OH is 4. The topological polar surface area (TPSA) is 141 Å². The van der Waals surface area contributed by atoms with Crippen molar-refractivity contribution in [3.05, 3.63) is 10.6 Å². The highest BCUT2D eigenvalue weighted by Gasteiger charge is 2.29. The zero-order chi connectivity index (χ0) is 11.6. The number of nitrogen functional groups attached to an aromatic ring is 1. The Morgan fingerprint density at radius 2 is 2.07 bits per heavy atom. The van der Waals surface area contributed by atoms with E-state index >= 15 is 0 Å². The van der Waals surface area contributed by atoms with Crippen LogP contribution in [0.3, 0.4) is 0 Å². The van der Waals surface area contributed by atoms with E-state index in [0.717, 1.165) is 4.68 Å². The molecule has 0 amide bonds. The molecule has 0 saturated heterocycles. The van der Waals surface area contributed by atoms with Gasteiger partial charge in [-0.3, -0.25) is 5.10 Å². The second-order valence-corrected chi connectivity index (χ2v) is 3.33. The monoisotopic (exact) mass is 236 g/mol. The minimum absolute atomic E-state index is 0.0646. The summed E-state index contributed by atoms with van der Waals surface area (Å²) in [6.07, 6.45) is -4.61. The van der Waals surface area contributed by atoms with Crippen molar-refractivity contribution in [2.75, 3.05) is 12.4 Å². The van der Waals surface area contributed by atoms with Crippen LogP contribution < -0.4 is 5.84 Å². The third-order valence-corrected chi connectivity index (χ3v) is 2.19. The van der Waals surface area contributed by atoms with Crippen LogP contribution >= 0.6 is 12.2 Å². The van der Waals surface area contributed by atoms with Gasteiger partial charge in [-0.1, -0.05) is 0 Å². The molecule has 0 aliphatic heterocycles. The maximum absolute atomic E-state index is 9.53. The summed E-state index contributed by atoms with van der Waals surface area (Å²) < 4.78 is 0.933. The molecule has 1 heterocycles. The van der Waals surface area contributed by atoms with Crippen molar-refractivity contribution in [2.45, 2.75) is 18.3 Å². The zero-order valence-corrected chi connectivity index (χ0v) is 8.42. The van der Waals surface area contributed by atoms with Crippen LogP contribution in [0.5, 0.6) is 0 Å². The Labute approximate surface area is 89.6 Å². The highest BCUT2D eigenvalue weighted by atomic mass is 32.1. The number of rotatable bonds is 4. The van der Waals surface area contributed by atoms with Crippen molar-refractivity contribution in [3.63, 3.8) is 0 Å². The van der Waals surface area contributed by atoms with E-state index in [1.165, 1.54) is 0 Å². The van der Waals surface area contributed by atoms with Gasteiger partial charge in [0.1, 0.15) is 18.3 Å². The number of nitrogens with two attached hydrogens (primary N) is 1.